The number of carbonyl (C=O) groups is 1. The zero-order valence-corrected chi connectivity index (χ0v) is 9.35. The average molecular weight is 204 g/mol. The number of amides is 1. The van der Waals surface area contributed by atoms with E-state index < -0.39 is 0 Å². The molecule has 1 aliphatic heterocycles. The summed E-state index contributed by atoms with van der Waals surface area (Å²) in [4.78, 5) is 16.5. The molecular weight excluding hydrogens is 187 g/mol. The molecule has 0 radical (unpaired) electrons. The Balaban J connectivity index is 2.46. The highest BCUT2D eigenvalue weighted by atomic mass is 31.0. The van der Waals surface area contributed by atoms with Gasteiger partial charge in [-0.25, -0.2) is 5.06 Å². The summed E-state index contributed by atoms with van der Waals surface area (Å²) in [6.45, 7) is 1.88. The topological polar surface area (TPSA) is 32.8 Å². The van der Waals surface area contributed by atoms with E-state index in [-0.39, 0.29) is 11.8 Å². The lowest BCUT2D eigenvalue weighted by Crippen LogP contribution is -2.39. The van der Waals surface area contributed by atoms with Crippen molar-refractivity contribution in [3.63, 3.8) is 0 Å². The predicted octanol–water partition coefficient (Wildman–Crippen LogP) is 0.508. The second kappa shape index (κ2) is 4.89. The Bertz CT molecular complexity index is 189. The van der Waals surface area contributed by atoms with Crippen LogP contribution in [0.1, 0.15) is 12.8 Å². The molecule has 0 aromatic rings. The molecule has 5 heteroatoms. The highest BCUT2D eigenvalue weighted by Crippen LogP contribution is 2.20. The van der Waals surface area contributed by atoms with Crippen molar-refractivity contribution in [3.8, 4) is 0 Å². The van der Waals surface area contributed by atoms with Crippen LogP contribution in [0.4, 0.5) is 0 Å². The SMILES string of the molecule is CON(C)C(=O)C1CCCN(P)C1. The van der Waals surface area contributed by atoms with Gasteiger partial charge in [0, 0.05) is 20.1 Å². The fourth-order valence-corrected chi connectivity index (χ4v) is 1.99. The Morgan fingerprint density at radius 2 is 2.38 bits per heavy atom. The van der Waals surface area contributed by atoms with Gasteiger partial charge in [-0.05, 0) is 12.8 Å². The normalized spacial score (nSPS) is 24.4. The fraction of sp³-hybridized carbons (Fsp3) is 0.875. The van der Waals surface area contributed by atoms with Crippen molar-refractivity contribution in [3.05, 3.63) is 0 Å². The number of carbonyl (C=O) groups excluding carboxylic acids is 1. The van der Waals surface area contributed by atoms with E-state index in [1.165, 1.54) is 12.2 Å². The minimum atomic E-state index is 0.0784. The first-order chi connectivity index (χ1) is 6.15. The van der Waals surface area contributed by atoms with Crippen LogP contribution in [0.3, 0.4) is 0 Å². The van der Waals surface area contributed by atoms with E-state index in [1.807, 2.05) is 0 Å². The molecule has 76 valence electrons. The van der Waals surface area contributed by atoms with Gasteiger partial charge in [0.2, 0.25) is 5.91 Å². The second-order valence-corrected chi connectivity index (χ2v) is 4.08. The smallest absolute Gasteiger partial charge is 0.250 e. The standard InChI is InChI=1S/C8H17N2O2P/c1-9(12-2)8(11)7-4-3-5-10(13)6-7/h7H,3-6,13H2,1-2H3. The lowest BCUT2D eigenvalue weighted by atomic mass is 9.99. The van der Waals surface area contributed by atoms with Gasteiger partial charge in [-0.15, -0.1) is 0 Å². The van der Waals surface area contributed by atoms with Crippen LogP contribution in [0, 0.1) is 5.92 Å². The maximum atomic E-state index is 11.6. The summed E-state index contributed by atoms with van der Waals surface area (Å²) in [5.41, 5.74) is 0. The molecule has 1 amide bonds. The third-order valence-electron chi connectivity index (χ3n) is 2.39. The summed E-state index contributed by atoms with van der Waals surface area (Å²) in [5.74, 6) is 0.172. The zero-order valence-electron chi connectivity index (χ0n) is 8.19. The first kappa shape index (κ1) is 10.9. The van der Waals surface area contributed by atoms with Crippen molar-refractivity contribution < 1.29 is 9.63 Å². The van der Waals surface area contributed by atoms with Gasteiger partial charge in [0.05, 0.1) is 13.0 Å². The average Bonchev–Trinajstić information content (AvgIpc) is 2.15. The van der Waals surface area contributed by atoms with E-state index >= 15 is 0 Å². The molecule has 1 rings (SSSR count). The molecule has 1 aliphatic rings. The number of hydroxylamine groups is 2. The van der Waals surface area contributed by atoms with Crippen LogP contribution < -0.4 is 0 Å². The Hall–Kier alpha value is -0.180. The number of hydrogen-bond donors (Lipinski definition) is 0. The van der Waals surface area contributed by atoms with Crippen LogP contribution in [-0.2, 0) is 9.63 Å². The molecular formula is C8H17N2O2P. The number of hydrogen-bond acceptors (Lipinski definition) is 3. The van der Waals surface area contributed by atoms with E-state index in [4.69, 9.17) is 4.84 Å². The summed E-state index contributed by atoms with van der Waals surface area (Å²) in [5, 5.41) is 1.31. The molecule has 13 heavy (non-hydrogen) atoms. The molecule has 0 N–H and O–H groups in total. The summed E-state index contributed by atoms with van der Waals surface area (Å²) in [7, 11) is 5.81. The van der Waals surface area contributed by atoms with Gasteiger partial charge in [-0.3, -0.25) is 14.3 Å². The van der Waals surface area contributed by atoms with Gasteiger partial charge in [-0.1, -0.05) is 9.39 Å². The molecule has 2 atom stereocenters. The third kappa shape index (κ3) is 2.90. The van der Waals surface area contributed by atoms with E-state index in [9.17, 15) is 4.79 Å². The van der Waals surface area contributed by atoms with Crippen molar-refractivity contribution in [1.29, 1.82) is 0 Å². The number of piperidine rings is 1. The van der Waals surface area contributed by atoms with Crippen LogP contribution >= 0.6 is 9.39 Å². The maximum Gasteiger partial charge on any atom is 0.250 e. The fourth-order valence-electron chi connectivity index (χ4n) is 1.56. The molecule has 0 bridgehead atoms. The molecule has 1 saturated heterocycles. The van der Waals surface area contributed by atoms with Gasteiger partial charge >= 0.3 is 0 Å². The Labute approximate surface area is 81.4 Å². The van der Waals surface area contributed by atoms with Crippen molar-refractivity contribution in [2.75, 3.05) is 27.2 Å². The lowest BCUT2D eigenvalue weighted by molar-refractivity contribution is -0.174. The molecule has 4 nitrogen and oxygen atoms in total. The summed E-state index contributed by atoms with van der Waals surface area (Å²) < 4.78 is 2.11. The lowest BCUT2D eigenvalue weighted by Gasteiger charge is -2.30. The monoisotopic (exact) mass is 204 g/mol. The minimum absolute atomic E-state index is 0.0784. The Morgan fingerprint density at radius 1 is 1.69 bits per heavy atom. The van der Waals surface area contributed by atoms with Crippen LogP contribution in [0.15, 0.2) is 0 Å². The van der Waals surface area contributed by atoms with Crippen molar-refractivity contribution in [2.24, 2.45) is 5.92 Å². The molecule has 1 heterocycles. The second-order valence-electron chi connectivity index (χ2n) is 3.35. The van der Waals surface area contributed by atoms with Crippen molar-refractivity contribution >= 4 is 15.3 Å². The summed E-state index contributed by atoms with van der Waals surface area (Å²) in [6.07, 6.45) is 2.05. The minimum Gasteiger partial charge on any atom is -0.287 e. The van der Waals surface area contributed by atoms with Gasteiger partial charge in [0.15, 0.2) is 0 Å². The van der Waals surface area contributed by atoms with Gasteiger partial charge in [0.1, 0.15) is 0 Å². The maximum absolute atomic E-state index is 11.6. The van der Waals surface area contributed by atoms with Crippen LogP contribution in [-0.4, -0.2) is 42.9 Å². The van der Waals surface area contributed by atoms with Crippen LogP contribution in [0.25, 0.3) is 0 Å². The van der Waals surface area contributed by atoms with Crippen molar-refractivity contribution in [1.82, 2.24) is 9.73 Å². The van der Waals surface area contributed by atoms with E-state index in [2.05, 4.69) is 14.1 Å². The summed E-state index contributed by atoms with van der Waals surface area (Å²) in [6, 6.07) is 0. The van der Waals surface area contributed by atoms with Gasteiger partial charge in [-0.2, -0.15) is 0 Å². The van der Waals surface area contributed by atoms with Gasteiger partial charge < -0.3 is 0 Å². The molecule has 0 aromatic carbocycles. The van der Waals surface area contributed by atoms with E-state index in [0.29, 0.717) is 0 Å². The largest absolute Gasteiger partial charge is 0.287 e. The zero-order chi connectivity index (χ0) is 9.84. The number of rotatable bonds is 2. The first-order valence-corrected chi connectivity index (χ1v) is 4.98. The predicted molar refractivity (Wildman–Crippen MR) is 53.8 cm³/mol. The van der Waals surface area contributed by atoms with E-state index in [1.54, 1.807) is 7.05 Å². The van der Waals surface area contributed by atoms with Crippen molar-refractivity contribution in [2.45, 2.75) is 12.8 Å². The molecule has 0 aliphatic carbocycles. The Kier molecular flexibility index (Phi) is 4.10. The highest BCUT2D eigenvalue weighted by Gasteiger charge is 2.26. The molecule has 0 aromatic heterocycles. The quantitative estimate of drug-likeness (QED) is 0.485. The number of nitrogens with zero attached hydrogens (tertiary/aromatic N) is 2. The van der Waals surface area contributed by atoms with Crippen LogP contribution in [0.5, 0.6) is 0 Å². The molecule has 1 fully saturated rings. The molecule has 2 unspecified atom stereocenters. The van der Waals surface area contributed by atoms with Gasteiger partial charge in [0.25, 0.3) is 0 Å². The highest BCUT2D eigenvalue weighted by molar-refractivity contribution is 7.13. The Morgan fingerprint density at radius 3 is 2.92 bits per heavy atom. The van der Waals surface area contributed by atoms with Crippen LogP contribution in [0.2, 0.25) is 0 Å². The molecule has 0 spiro atoms. The molecule has 0 saturated carbocycles. The first-order valence-electron chi connectivity index (χ1n) is 4.46. The van der Waals surface area contributed by atoms with E-state index in [0.717, 1.165) is 25.9 Å². The summed E-state index contributed by atoms with van der Waals surface area (Å²) >= 11 is 0. The third-order valence-corrected chi connectivity index (χ3v) is 2.86.